The first-order valence-electron chi connectivity index (χ1n) is 11.2. The summed E-state index contributed by atoms with van der Waals surface area (Å²) in [7, 11) is 0. The Morgan fingerprint density at radius 2 is 1.19 bits per heavy atom. The van der Waals surface area contributed by atoms with Gasteiger partial charge in [0.25, 0.3) is 0 Å². The second kappa shape index (κ2) is 22.1. The average Bonchev–Trinajstić information content (AvgIpc) is 2.67. The summed E-state index contributed by atoms with van der Waals surface area (Å²) < 4.78 is 22.2. The van der Waals surface area contributed by atoms with E-state index in [1.165, 1.54) is 57.8 Å². The molecule has 0 bridgehead atoms. The first kappa shape index (κ1) is 26.8. The van der Waals surface area contributed by atoms with Crippen molar-refractivity contribution in [2.45, 2.75) is 97.2 Å². The highest BCUT2D eigenvalue weighted by Crippen LogP contribution is 2.10. The van der Waals surface area contributed by atoms with Crippen molar-refractivity contribution >= 4 is 0 Å². The number of unbranched alkanes of at least 4 members (excludes halogenated alkanes) is 9. The molecule has 0 radical (unpaired) electrons. The van der Waals surface area contributed by atoms with Gasteiger partial charge in [-0.1, -0.05) is 64.7 Å². The van der Waals surface area contributed by atoms with Crippen molar-refractivity contribution in [3.05, 3.63) is 0 Å². The van der Waals surface area contributed by atoms with E-state index in [-0.39, 0.29) is 18.8 Å². The van der Waals surface area contributed by atoms with Crippen LogP contribution in [0.2, 0.25) is 0 Å². The van der Waals surface area contributed by atoms with Crippen LogP contribution in [0.1, 0.15) is 85.0 Å². The van der Waals surface area contributed by atoms with E-state index in [1.807, 2.05) is 13.8 Å². The molecular formula is C22H46O5. The van der Waals surface area contributed by atoms with E-state index in [4.69, 9.17) is 24.1 Å². The molecule has 0 aromatic rings. The van der Waals surface area contributed by atoms with Crippen LogP contribution in [0.15, 0.2) is 0 Å². The molecule has 0 fully saturated rings. The average molecular weight is 391 g/mol. The third kappa shape index (κ3) is 22.0. The monoisotopic (exact) mass is 390 g/mol. The SMILES string of the molecule is CCCCCCCCCCCCOCC(C)OCC(C)OCCOCCO. The second-order valence-electron chi connectivity index (χ2n) is 7.42. The number of hydrogen-bond acceptors (Lipinski definition) is 5. The Labute approximate surface area is 168 Å². The van der Waals surface area contributed by atoms with Crippen LogP contribution in [-0.4, -0.2) is 63.6 Å². The largest absolute Gasteiger partial charge is 0.394 e. The predicted molar refractivity (Wildman–Crippen MR) is 111 cm³/mol. The third-order valence-corrected chi connectivity index (χ3v) is 4.48. The Bertz CT molecular complexity index is 275. The van der Waals surface area contributed by atoms with E-state index < -0.39 is 0 Å². The highest BCUT2D eigenvalue weighted by atomic mass is 16.6. The van der Waals surface area contributed by atoms with Crippen molar-refractivity contribution in [2.24, 2.45) is 0 Å². The van der Waals surface area contributed by atoms with Crippen LogP contribution in [0.25, 0.3) is 0 Å². The van der Waals surface area contributed by atoms with Gasteiger partial charge in [0.15, 0.2) is 0 Å². The minimum atomic E-state index is 0.0344. The number of hydrogen-bond donors (Lipinski definition) is 1. The van der Waals surface area contributed by atoms with Crippen LogP contribution >= 0.6 is 0 Å². The Morgan fingerprint density at radius 1 is 0.593 bits per heavy atom. The van der Waals surface area contributed by atoms with Gasteiger partial charge < -0.3 is 24.1 Å². The molecule has 2 atom stereocenters. The summed E-state index contributed by atoms with van der Waals surface area (Å²) in [5.41, 5.74) is 0. The molecule has 0 rings (SSSR count). The van der Waals surface area contributed by atoms with Gasteiger partial charge in [-0.15, -0.1) is 0 Å². The Morgan fingerprint density at radius 3 is 1.81 bits per heavy atom. The van der Waals surface area contributed by atoms with Crippen molar-refractivity contribution in [2.75, 3.05) is 46.2 Å². The van der Waals surface area contributed by atoms with E-state index >= 15 is 0 Å². The molecule has 0 aromatic carbocycles. The Kier molecular flexibility index (Phi) is 21.9. The predicted octanol–water partition coefficient (Wildman–Crippen LogP) is 4.74. The molecule has 164 valence electrons. The van der Waals surface area contributed by atoms with Crippen LogP contribution < -0.4 is 0 Å². The first-order valence-corrected chi connectivity index (χ1v) is 11.2. The lowest BCUT2D eigenvalue weighted by Crippen LogP contribution is -2.24. The van der Waals surface area contributed by atoms with Crippen LogP contribution in [-0.2, 0) is 18.9 Å². The molecule has 0 aliphatic rings. The van der Waals surface area contributed by atoms with Crippen molar-refractivity contribution in [3.63, 3.8) is 0 Å². The molecule has 0 saturated heterocycles. The number of aliphatic hydroxyl groups is 1. The highest BCUT2D eigenvalue weighted by molar-refractivity contribution is 4.53. The summed E-state index contributed by atoms with van der Waals surface area (Å²) in [5.74, 6) is 0. The fourth-order valence-corrected chi connectivity index (χ4v) is 2.81. The van der Waals surface area contributed by atoms with E-state index in [2.05, 4.69) is 6.92 Å². The van der Waals surface area contributed by atoms with E-state index in [0.717, 1.165) is 13.0 Å². The van der Waals surface area contributed by atoms with Gasteiger partial charge in [0.1, 0.15) is 0 Å². The molecule has 5 nitrogen and oxygen atoms in total. The summed E-state index contributed by atoms with van der Waals surface area (Å²) in [5, 5.41) is 8.61. The van der Waals surface area contributed by atoms with E-state index in [0.29, 0.717) is 33.0 Å². The van der Waals surface area contributed by atoms with Crippen molar-refractivity contribution < 1.29 is 24.1 Å². The summed E-state index contributed by atoms with van der Waals surface area (Å²) in [4.78, 5) is 0. The van der Waals surface area contributed by atoms with Gasteiger partial charge in [0, 0.05) is 6.61 Å². The molecule has 1 N–H and O–H groups in total. The fourth-order valence-electron chi connectivity index (χ4n) is 2.81. The summed E-state index contributed by atoms with van der Waals surface area (Å²) >= 11 is 0. The number of rotatable bonds is 22. The normalized spacial score (nSPS) is 13.8. The lowest BCUT2D eigenvalue weighted by Gasteiger charge is -2.18. The topological polar surface area (TPSA) is 57.2 Å². The van der Waals surface area contributed by atoms with Gasteiger partial charge in [-0.3, -0.25) is 0 Å². The van der Waals surface area contributed by atoms with Crippen LogP contribution in [0, 0.1) is 0 Å². The third-order valence-electron chi connectivity index (χ3n) is 4.48. The molecule has 0 aromatic heterocycles. The standard InChI is InChI=1S/C22H46O5/c1-4-5-6-7-8-9-10-11-12-13-15-25-19-21(2)27-20-22(3)26-18-17-24-16-14-23/h21-23H,4-20H2,1-3H3. The van der Waals surface area contributed by atoms with Crippen LogP contribution in [0.4, 0.5) is 0 Å². The lowest BCUT2D eigenvalue weighted by molar-refractivity contribution is -0.0671. The lowest BCUT2D eigenvalue weighted by atomic mass is 10.1. The maximum Gasteiger partial charge on any atom is 0.0781 e. The quantitative estimate of drug-likeness (QED) is 0.271. The smallest absolute Gasteiger partial charge is 0.0781 e. The fraction of sp³-hybridized carbons (Fsp3) is 1.00. The van der Waals surface area contributed by atoms with Gasteiger partial charge in [-0.25, -0.2) is 0 Å². The van der Waals surface area contributed by atoms with Crippen molar-refractivity contribution in [1.29, 1.82) is 0 Å². The van der Waals surface area contributed by atoms with Crippen LogP contribution in [0.3, 0.4) is 0 Å². The highest BCUT2D eigenvalue weighted by Gasteiger charge is 2.07. The Hall–Kier alpha value is -0.200. The van der Waals surface area contributed by atoms with Crippen molar-refractivity contribution in [1.82, 2.24) is 0 Å². The van der Waals surface area contributed by atoms with Gasteiger partial charge in [-0.05, 0) is 20.3 Å². The van der Waals surface area contributed by atoms with Gasteiger partial charge >= 0.3 is 0 Å². The molecule has 0 aliphatic carbocycles. The van der Waals surface area contributed by atoms with E-state index in [1.54, 1.807) is 0 Å². The van der Waals surface area contributed by atoms with E-state index in [9.17, 15) is 0 Å². The molecule has 0 saturated carbocycles. The minimum Gasteiger partial charge on any atom is -0.394 e. The van der Waals surface area contributed by atoms with Crippen molar-refractivity contribution in [3.8, 4) is 0 Å². The molecule has 0 heterocycles. The Balaban J connectivity index is 3.26. The van der Waals surface area contributed by atoms with Gasteiger partial charge in [-0.2, -0.15) is 0 Å². The number of aliphatic hydroxyl groups excluding tert-OH is 1. The van der Waals surface area contributed by atoms with Gasteiger partial charge in [0.05, 0.1) is 51.8 Å². The van der Waals surface area contributed by atoms with Crippen LogP contribution in [0.5, 0.6) is 0 Å². The molecular weight excluding hydrogens is 344 g/mol. The molecule has 27 heavy (non-hydrogen) atoms. The number of ether oxygens (including phenoxy) is 4. The molecule has 0 aliphatic heterocycles. The zero-order valence-corrected chi connectivity index (χ0v) is 18.3. The minimum absolute atomic E-state index is 0.0344. The second-order valence-corrected chi connectivity index (χ2v) is 7.42. The molecule has 0 spiro atoms. The molecule has 5 heteroatoms. The summed E-state index contributed by atoms with van der Waals surface area (Å²) in [6.07, 6.45) is 13.6. The summed E-state index contributed by atoms with van der Waals surface area (Å²) in [6, 6.07) is 0. The maximum atomic E-state index is 8.61. The zero-order chi connectivity index (χ0) is 20.0. The summed E-state index contributed by atoms with van der Waals surface area (Å²) in [6.45, 7) is 9.77. The van der Waals surface area contributed by atoms with Gasteiger partial charge in [0.2, 0.25) is 0 Å². The maximum absolute atomic E-state index is 8.61. The zero-order valence-electron chi connectivity index (χ0n) is 18.3. The first-order chi connectivity index (χ1) is 13.2. The molecule has 2 unspecified atom stereocenters. The molecule has 0 amide bonds.